The molecule has 0 aromatic heterocycles. The van der Waals surface area contributed by atoms with Gasteiger partial charge >= 0.3 is 0 Å². The number of halogens is 1. The largest absolute Gasteiger partial charge is 0.494 e. The molecule has 0 unspecified atom stereocenters. The van der Waals surface area contributed by atoms with Gasteiger partial charge in [0.15, 0.2) is 5.78 Å². The first-order valence-corrected chi connectivity index (χ1v) is 8.24. The highest BCUT2D eigenvalue weighted by atomic mass is 35.5. The number of hydrogen-bond donors (Lipinski definition) is 1. The molecule has 0 radical (unpaired) electrons. The average molecular weight is 328 g/mol. The highest BCUT2D eigenvalue weighted by molar-refractivity contribution is 5.97. The molecule has 4 heteroatoms. The van der Waals surface area contributed by atoms with Crippen molar-refractivity contribution >= 4 is 18.2 Å². The maximum absolute atomic E-state index is 11.5. The van der Waals surface area contributed by atoms with Gasteiger partial charge in [-0.15, -0.1) is 12.4 Å². The summed E-state index contributed by atoms with van der Waals surface area (Å²) >= 11 is 0. The van der Waals surface area contributed by atoms with Crippen LogP contribution in [0, 0.1) is 0 Å². The van der Waals surface area contributed by atoms with Gasteiger partial charge < -0.3 is 10.5 Å². The summed E-state index contributed by atoms with van der Waals surface area (Å²) in [5.74, 6) is 0.713. The molecule has 0 heterocycles. The lowest BCUT2D eigenvalue weighted by molar-refractivity contribution is 0.100. The normalized spacial score (nSPS) is 10.1. The summed E-state index contributed by atoms with van der Waals surface area (Å²) in [4.78, 5) is 11.5. The minimum atomic E-state index is -0.0486. The van der Waals surface area contributed by atoms with Crippen LogP contribution in [-0.4, -0.2) is 18.9 Å². The molecule has 0 aliphatic heterocycles. The van der Waals surface area contributed by atoms with Crippen molar-refractivity contribution in [1.82, 2.24) is 0 Å². The van der Waals surface area contributed by atoms with E-state index in [0.29, 0.717) is 5.56 Å². The molecule has 3 nitrogen and oxygen atoms in total. The van der Waals surface area contributed by atoms with E-state index in [1.165, 1.54) is 44.9 Å². The summed E-state index contributed by atoms with van der Waals surface area (Å²) in [6.07, 6.45) is 10.3. The third-order valence-electron chi connectivity index (χ3n) is 3.61. The van der Waals surface area contributed by atoms with Gasteiger partial charge in [0.05, 0.1) is 13.2 Å². The quantitative estimate of drug-likeness (QED) is 0.444. The van der Waals surface area contributed by atoms with E-state index in [0.717, 1.165) is 18.8 Å². The molecular formula is C18H30ClNO2. The van der Waals surface area contributed by atoms with Gasteiger partial charge in [-0.25, -0.2) is 0 Å². The van der Waals surface area contributed by atoms with E-state index in [4.69, 9.17) is 10.5 Å². The van der Waals surface area contributed by atoms with Crippen molar-refractivity contribution in [1.29, 1.82) is 0 Å². The number of carbonyl (C=O) groups excluding carboxylic acids is 1. The average Bonchev–Trinajstić information content (AvgIpc) is 2.53. The number of rotatable bonds is 12. The standard InChI is InChI=1S/C18H29NO2.ClH/c1-2-3-4-5-6-7-8-9-13-21-17-12-10-11-16(14-17)18(20)15-19;/h10-12,14H,2-9,13,15,19H2,1H3;1H. The Kier molecular flexibility index (Phi) is 12.9. The number of carbonyl (C=O) groups is 1. The zero-order valence-electron chi connectivity index (χ0n) is 13.7. The molecule has 2 N–H and O–H groups in total. The molecule has 0 amide bonds. The SMILES string of the molecule is CCCCCCCCCCOc1cccc(C(=O)CN)c1.Cl. The number of hydrogen-bond acceptors (Lipinski definition) is 3. The van der Waals surface area contributed by atoms with Crippen molar-refractivity contribution in [3.05, 3.63) is 29.8 Å². The van der Waals surface area contributed by atoms with E-state index in [1.807, 2.05) is 12.1 Å². The van der Waals surface area contributed by atoms with Crippen molar-refractivity contribution in [2.45, 2.75) is 58.3 Å². The van der Waals surface area contributed by atoms with Crippen molar-refractivity contribution < 1.29 is 9.53 Å². The molecule has 0 saturated heterocycles. The first kappa shape index (κ1) is 20.9. The van der Waals surface area contributed by atoms with E-state index in [2.05, 4.69) is 6.92 Å². The Hall–Kier alpha value is -1.06. The van der Waals surface area contributed by atoms with Crippen molar-refractivity contribution in [3.63, 3.8) is 0 Å². The number of ketones is 1. The predicted octanol–water partition coefficient (Wildman–Crippen LogP) is 4.77. The summed E-state index contributed by atoms with van der Waals surface area (Å²) < 4.78 is 5.69. The number of ether oxygens (including phenoxy) is 1. The van der Waals surface area contributed by atoms with Crippen LogP contribution >= 0.6 is 12.4 Å². The molecule has 0 spiro atoms. The van der Waals surface area contributed by atoms with Gasteiger partial charge in [0.1, 0.15) is 5.75 Å². The minimum absolute atomic E-state index is 0. The van der Waals surface area contributed by atoms with Gasteiger partial charge in [-0.2, -0.15) is 0 Å². The van der Waals surface area contributed by atoms with Crippen LogP contribution in [0.25, 0.3) is 0 Å². The van der Waals surface area contributed by atoms with Crippen LogP contribution in [-0.2, 0) is 0 Å². The highest BCUT2D eigenvalue weighted by Gasteiger charge is 2.04. The fourth-order valence-electron chi connectivity index (χ4n) is 2.30. The Bertz CT molecular complexity index is 410. The van der Waals surface area contributed by atoms with Crippen LogP contribution in [0.3, 0.4) is 0 Å². The molecule has 0 aliphatic rings. The Morgan fingerprint density at radius 3 is 2.32 bits per heavy atom. The Balaban J connectivity index is 0.00000441. The summed E-state index contributed by atoms with van der Waals surface area (Å²) in [7, 11) is 0. The Labute approximate surface area is 141 Å². The zero-order chi connectivity index (χ0) is 15.3. The summed E-state index contributed by atoms with van der Waals surface area (Å²) in [5, 5.41) is 0. The van der Waals surface area contributed by atoms with Crippen LogP contribution in [0.4, 0.5) is 0 Å². The third-order valence-corrected chi connectivity index (χ3v) is 3.61. The molecule has 0 bridgehead atoms. The van der Waals surface area contributed by atoms with Gasteiger partial charge in [-0.3, -0.25) is 4.79 Å². The third kappa shape index (κ3) is 9.06. The number of unbranched alkanes of at least 4 members (excludes halogenated alkanes) is 7. The van der Waals surface area contributed by atoms with Crippen molar-refractivity contribution in [2.75, 3.05) is 13.2 Å². The van der Waals surface area contributed by atoms with Crippen LogP contribution in [0.15, 0.2) is 24.3 Å². The summed E-state index contributed by atoms with van der Waals surface area (Å²) in [6.45, 7) is 3.00. The second-order valence-electron chi connectivity index (χ2n) is 5.48. The van der Waals surface area contributed by atoms with Crippen molar-refractivity contribution in [2.24, 2.45) is 5.73 Å². The lowest BCUT2D eigenvalue weighted by atomic mass is 10.1. The van der Waals surface area contributed by atoms with Crippen LogP contribution < -0.4 is 10.5 Å². The molecular weight excluding hydrogens is 298 g/mol. The first-order chi connectivity index (χ1) is 10.3. The van der Waals surface area contributed by atoms with E-state index < -0.39 is 0 Å². The molecule has 126 valence electrons. The second kappa shape index (κ2) is 13.6. The minimum Gasteiger partial charge on any atom is -0.494 e. The topological polar surface area (TPSA) is 52.3 Å². The Morgan fingerprint density at radius 1 is 1.05 bits per heavy atom. The molecule has 0 fully saturated rings. The van der Waals surface area contributed by atoms with Crippen LogP contribution in [0.2, 0.25) is 0 Å². The predicted molar refractivity (Wildman–Crippen MR) is 95.2 cm³/mol. The number of nitrogens with two attached hydrogens (primary N) is 1. The van der Waals surface area contributed by atoms with E-state index in [1.54, 1.807) is 12.1 Å². The molecule has 0 atom stereocenters. The monoisotopic (exact) mass is 327 g/mol. The van der Waals surface area contributed by atoms with Crippen LogP contribution in [0.1, 0.15) is 68.6 Å². The van der Waals surface area contributed by atoms with Gasteiger partial charge in [-0.1, -0.05) is 64.0 Å². The summed E-state index contributed by atoms with van der Waals surface area (Å²) in [5.41, 5.74) is 5.99. The molecule has 0 aliphatic carbocycles. The van der Waals surface area contributed by atoms with Crippen molar-refractivity contribution in [3.8, 4) is 5.75 Å². The number of benzene rings is 1. The summed E-state index contributed by atoms with van der Waals surface area (Å²) in [6, 6.07) is 7.28. The number of Topliss-reactive ketones (excluding diaryl/α,β-unsaturated/α-hetero) is 1. The lowest BCUT2D eigenvalue weighted by Crippen LogP contribution is -2.13. The first-order valence-electron chi connectivity index (χ1n) is 8.24. The zero-order valence-corrected chi connectivity index (χ0v) is 14.5. The van der Waals surface area contributed by atoms with E-state index >= 15 is 0 Å². The molecule has 1 aromatic carbocycles. The molecule has 22 heavy (non-hydrogen) atoms. The Morgan fingerprint density at radius 2 is 1.68 bits per heavy atom. The van der Waals surface area contributed by atoms with E-state index in [-0.39, 0.29) is 24.7 Å². The highest BCUT2D eigenvalue weighted by Crippen LogP contribution is 2.15. The van der Waals surface area contributed by atoms with Gasteiger partial charge in [-0.05, 0) is 18.6 Å². The fraction of sp³-hybridized carbons (Fsp3) is 0.611. The van der Waals surface area contributed by atoms with Gasteiger partial charge in [0.25, 0.3) is 0 Å². The lowest BCUT2D eigenvalue weighted by Gasteiger charge is -2.07. The molecule has 0 saturated carbocycles. The maximum Gasteiger partial charge on any atom is 0.176 e. The van der Waals surface area contributed by atoms with E-state index in [9.17, 15) is 4.79 Å². The smallest absolute Gasteiger partial charge is 0.176 e. The second-order valence-corrected chi connectivity index (χ2v) is 5.48. The van der Waals surface area contributed by atoms with Gasteiger partial charge in [0, 0.05) is 5.56 Å². The molecule has 1 rings (SSSR count). The van der Waals surface area contributed by atoms with Gasteiger partial charge in [0.2, 0.25) is 0 Å². The molecule has 1 aromatic rings. The fourth-order valence-corrected chi connectivity index (χ4v) is 2.30. The van der Waals surface area contributed by atoms with Crippen LogP contribution in [0.5, 0.6) is 5.75 Å². The maximum atomic E-state index is 11.5.